The van der Waals surface area contributed by atoms with Gasteiger partial charge >= 0.3 is 0 Å². The Morgan fingerprint density at radius 1 is 1.13 bits per heavy atom. The Balaban J connectivity index is 1.81. The quantitative estimate of drug-likeness (QED) is 0.698. The molecule has 1 N–H and O–H groups in total. The zero-order chi connectivity index (χ0) is 16.8. The lowest BCUT2D eigenvalue weighted by Gasteiger charge is -2.67. The number of hydrogen-bond acceptors (Lipinski definition) is 3. The maximum absolute atomic E-state index is 13.0. The fraction of sp³-hybridized carbons (Fsp3) is 0.800. The summed E-state index contributed by atoms with van der Waals surface area (Å²) in [5.41, 5.74) is 0.406. The number of rotatable bonds is 0. The van der Waals surface area contributed by atoms with Crippen molar-refractivity contribution < 1.29 is 14.7 Å². The minimum Gasteiger partial charge on any atom is -0.385 e. The van der Waals surface area contributed by atoms with Crippen LogP contribution in [-0.2, 0) is 9.59 Å². The molecule has 0 amide bonds. The van der Waals surface area contributed by atoms with Gasteiger partial charge in [-0.3, -0.25) is 9.59 Å². The molecule has 0 saturated heterocycles. The molecule has 3 heteroatoms. The highest BCUT2D eigenvalue weighted by Gasteiger charge is 2.69. The fourth-order valence-electron chi connectivity index (χ4n) is 7.09. The first kappa shape index (κ1) is 15.6. The molecule has 5 rings (SSSR count). The van der Waals surface area contributed by atoms with E-state index in [4.69, 9.17) is 0 Å². The molecule has 0 heterocycles. The Morgan fingerprint density at radius 2 is 1.83 bits per heavy atom. The van der Waals surface area contributed by atoms with Crippen LogP contribution >= 0.6 is 0 Å². The summed E-state index contributed by atoms with van der Waals surface area (Å²) in [6, 6.07) is 0. The summed E-state index contributed by atoms with van der Waals surface area (Å²) < 4.78 is 0. The van der Waals surface area contributed by atoms with E-state index in [9.17, 15) is 14.7 Å². The molecule has 126 valence electrons. The Morgan fingerprint density at radius 3 is 2.52 bits per heavy atom. The number of Topliss-reactive ketones (excluding diaryl/α,β-unsaturated/α-hetero) is 2. The maximum Gasteiger partial charge on any atom is 0.168 e. The molecule has 0 radical (unpaired) electrons. The topological polar surface area (TPSA) is 54.4 Å². The molecule has 5 fully saturated rings. The van der Waals surface area contributed by atoms with Gasteiger partial charge in [0.15, 0.2) is 5.78 Å². The van der Waals surface area contributed by atoms with Crippen LogP contribution in [-0.4, -0.2) is 22.8 Å². The van der Waals surface area contributed by atoms with E-state index in [0.29, 0.717) is 24.0 Å². The molecule has 23 heavy (non-hydrogen) atoms. The van der Waals surface area contributed by atoms with Gasteiger partial charge in [0.2, 0.25) is 0 Å². The monoisotopic (exact) mass is 316 g/mol. The lowest BCUT2D eigenvalue weighted by atomic mass is 9.36. The molecular weight excluding hydrogens is 288 g/mol. The van der Waals surface area contributed by atoms with Crippen molar-refractivity contribution in [2.24, 2.45) is 34.0 Å². The highest BCUT2D eigenvalue weighted by molar-refractivity contribution is 5.93. The zero-order valence-electron chi connectivity index (χ0n) is 14.5. The SMILES string of the molecule is C=C1C[C@@]23CC[C@@H]4C(C)(C)C(=O)CC[C@@]4(C)[C@@H]2C[C@H]1[C@@H](O)C3=O. The molecule has 0 unspecified atom stereocenters. The van der Waals surface area contributed by atoms with Gasteiger partial charge in [0.25, 0.3) is 0 Å². The van der Waals surface area contributed by atoms with Gasteiger partial charge in [-0.1, -0.05) is 32.9 Å². The molecule has 3 nitrogen and oxygen atoms in total. The van der Waals surface area contributed by atoms with Gasteiger partial charge in [0.05, 0.1) is 0 Å². The van der Waals surface area contributed by atoms with Crippen molar-refractivity contribution in [2.45, 2.75) is 65.4 Å². The van der Waals surface area contributed by atoms with Crippen molar-refractivity contribution in [3.8, 4) is 0 Å². The normalized spacial score (nSPS) is 51.4. The third-order valence-corrected chi connectivity index (χ3v) is 8.32. The lowest BCUT2D eigenvalue weighted by molar-refractivity contribution is -0.194. The maximum atomic E-state index is 13.0. The third-order valence-electron chi connectivity index (χ3n) is 8.32. The first-order valence-electron chi connectivity index (χ1n) is 9.08. The summed E-state index contributed by atoms with van der Waals surface area (Å²) in [6.07, 6.45) is 4.06. The molecule has 0 aromatic rings. The molecule has 6 atom stereocenters. The van der Waals surface area contributed by atoms with Crippen molar-refractivity contribution >= 4 is 11.6 Å². The van der Waals surface area contributed by atoms with Crippen molar-refractivity contribution in [2.75, 3.05) is 0 Å². The standard InChI is InChI=1S/C20H28O3/c1-11-10-20-8-5-13-18(2,3)15(21)6-7-19(13,4)14(20)9-12(11)16(22)17(20)23/h12-14,16,22H,1,5-10H2,2-4H3/t12-,13-,14+,16-,19-,20+/m1/s1. The number of aliphatic hydroxyl groups excluding tert-OH is 1. The first-order valence-corrected chi connectivity index (χ1v) is 9.08. The summed E-state index contributed by atoms with van der Waals surface area (Å²) >= 11 is 0. The second-order valence-corrected chi connectivity index (χ2v) is 9.44. The predicted molar refractivity (Wildman–Crippen MR) is 87.7 cm³/mol. The zero-order valence-corrected chi connectivity index (χ0v) is 14.5. The molecule has 0 aliphatic heterocycles. The first-order chi connectivity index (χ1) is 10.6. The molecule has 2 bridgehead atoms. The predicted octanol–water partition coefficient (Wildman–Crippen LogP) is 3.30. The van der Waals surface area contributed by atoms with E-state index in [1.54, 1.807) is 0 Å². The van der Waals surface area contributed by atoms with Crippen LogP contribution in [0.15, 0.2) is 12.2 Å². The van der Waals surface area contributed by atoms with Crippen molar-refractivity contribution in [1.82, 2.24) is 0 Å². The molecule has 5 aliphatic rings. The van der Waals surface area contributed by atoms with Crippen LogP contribution in [0.5, 0.6) is 0 Å². The molecule has 0 aromatic carbocycles. The van der Waals surface area contributed by atoms with E-state index in [2.05, 4.69) is 27.4 Å². The number of ketones is 2. The molecule has 0 aromatic heterocycles. The molecule has 1 spiro atoms. The number of fused-ring (bicyclic) bond motifs is 3. The van der Waals surface area contributed by atoms with Crippen LogP contribution in [0.25, 0.3) is 0 Å². The highest BCUT2D eigenvalue weighted by atomic mass is 16.3. The van der Waals surface area contributed by atoms with E-state index in [0.717, 1.165) is 37.7 Å². The van der Waals surface area contributed by atoms with Gasteiger partial charge < -0.3 is 5.11 Å². The van der Waals surface area contributed by atoms with Crippen LogP contribution in [0.4, 0.5) is 0 Å². The van der Waals surface area contributed by atoms with E-state index in [1.807, 2.05) is 0 Å². The number of carbonyl (C=O) groups excluding carboxylic acids is 2. The minimum absolute atomic E-state index is 0.0322. The Labute approximate surface area is 138 Å². The van der Waals surface area contributed by atoms with Crippen LogP contribution in [0.3, 0.4) is 0 Å². The van der Waals surface area contributed by atoms with Crippen LogP contribution in [0.1, 0.15) is 59.3 Å². The summed E-state index contributed by atoms with van der Waals surface area (Å²) in [4.78, 5) is 25.5. The van der Waals surface area contributed by atoms with Crippen LogP contribution in [0.2, 0.25) is 0 Å². The fourth-order valence-corrected chi connectivity index (χ4v) is 7.09. The second kappa shape index (κ2) is 4.36. The van der Waals surface area contributed by atoms with E-state index < -0.39 is 11.5 Å². The van der Waals surface area contributed by atoms with Crippen molar-refractivity contribution in [3.63, 3.8) is 0 Å². The largest absolute Gasteiger partial charge is 0.385 e. The smallest absolute Gasteiger partial charge is 0.168 e. The average molecular weight is 316 g/mol. The van der Waals surface area contributed by atoms with Gasteiger partial charge in [-0.25, -0.2) is 0 Å². The van der Waals surface area contributed by atoms with Crippen LogP contribution < -0.4 is 0 Å². The van der Waals surface area contributed by atoms with E-state index >= 15 is 0 Å². The van der Waals surface area contributed by atoms with Gasteiger partial charge in [-0.2, -0.15) is 0 Å². The Kier molecular flexibility index (Phi) is 2.95. The molecule has 5 saturated carbocycles. The van der Waals surface area contributed by atoms with E-state index in [1.165, 1.54) is 0 Å². The Hall–Kier alpha value is -0.960. The molecular formula is C20H28O3. The number of aliphatic hydroxyl groups is 1. The van der Waals surface area contributed by atoms with Gasteiger partial charge in [-0.05, 0) is 49.4 Å². The summed E-state index contributed by atoms with van der Waals surface area (Å²) in [5.74, 6) is 1.04. The summed E-state index contributed by atoms with van der Waals surface area (Å²) in [7, 11) is 0. The van der Waals surface area contributed by atoms with Gasteiger partial charge in [0, 0.05) is 23.2 Å². The summed E-state index contributed by atoms with van der Waals surface area (Å²) in [5, 5.41) is 10.4. The third kappa shape index (κ3) is 1.65. The molecule has 5 aliphatic carbocycles. The van der Waals surface area contributed by atoms with Crippen molar-refractivity contribution in [1.29, 1.82) is 0 Å². The van der Waals surface area contributed by atoms with Gasteiger partial charge in [-0.15, -0.1) is 0 Å². The second-order valence-electron chi connectivity index (χ2n) is 9.44. The van der Waals surface area contributed by atoms with E-state index in [-0.39, 0.29) is 22.5 Å². The van der Waals surface area contributed by atoms with Gasteiger partial charge in [0.1, 0.15) is 11.9 Å². The summed E-state index contributed by atoms with van der Waals surface area (Å²) in [6.45, 7) is 10.7. The highest BCUT2D eigenvalue weighted by Crippen LogP contribution is 2.70. The van der Waals surface area contributed by atoms with Crippen molar-refractivity contribution in [3.05, 3.63) is 12.2 Å². The number of hydrogen-bond donors (Lipinski definition) is 1. The minimum atomic E-state index is -0.842. The lowest BCUT2D eigenvalue weighted by Crippen LogP contribution is -2.67. The van der Waals surface area contributed by atoms with Crippen LogP contribution in [0, 0.1) is 34.0 Å². The number of carbonyl (C=O) groups is 2. The Bertz CT molecular complexity index is 618. The average Bonchev–Trinajstić information content (AvgIpc) is 2.48.